The van der Waals surface area contributed by atoms with Crippen LogP contribution in [0.15, 0.2) is 18.2 Å². The first-order valence-corrected chi connectivity index (χ1v) is 7.85. The van der Waals surface area contributed by atoms with Gasteiger partial charge >= 0.3 is 5.97 Å². The molecule has 0 aliphatic carbocycles. The topological polar surface area (TPSA) is 84.9 Å². The van der Waals surface area contributed by atoms with Gasteiger partial charge in [-0.15, -0.1) is 0 Å². The summed E-state index contributed by atoms with van der Waals surface area (Å²) in [6, 6.07) is 5.48. The third kappa shape index (κ3) is 7.54. The highest BCUT2D eigenvalue weighted by Crippen LogP contribution is 2.28. The lowest BCUT2D eigenvalue weighted by Crippen LogP contribution is -2.23. The first-order chi connectivity index (χ1) is 11.1. The van der Waals surface area contributed by atoms with Gasteiger partial charge < -0.3 is 19.9 Å². The van der Waals surface area contributed by atoms with Gasteiger partial charge in [-0.3, -0.25) is 9.59 Å². The smallest absolute Gasteiger partial charge is 0.303 e. The monoisotopic (exact) mass is 323 g/mol. The first-order valence-electron chi connectivity index (χ1n) is 7.85. The fourth-order valence-corrected chi connectivity index (χ4v) is 1.99. The molecule has 6 heteroatoms. The van der Waals surface area contributed by atoms with Crippen molar-refractivity contribution in [3.8, 4) is 11.5 Å². The van der Waals surface area contributed by atoms with Gasteiger partial charge in [0.05, 0.1) is 20.1 Å². The minimum absolute atomic E-state index is 0.0220. The van der Waals surface area contributed by atoms with E-state index in [1.807, 2.05) is 12.1 Å². The van der Waals surface area contributed by atoms with Crippen molar-refractivity contribution in [2.75, 3.05) is 13.7 Å². The number of aliphatic carboxylic acids is 1. The van der Waals surface area contributed by atoms with E-state index in [4.69, 9.17) is 14.6 Å². The Labute approximate surface area is 136 Å². The number of methoxy groups -OCH3 is 1. The van der Waals surface area contributed by atoms with Crippen LogP contribution in [0.4, 0.5) is 0 Å². The zero-order valence-corrected chi connectivity index (χ0v) is 13.8. The van der Waals surface area contributed by atoms with Crippen LogP contribution in [0.2, 0.25) is 0 Å². The normalized spacial score (nSPS) is 10.2. The highest BCUT2D eigenvalue weighted by molar-refractivity contribution is 5.80. The molecule has 1 aromatic rings. The Morgan fingerprint density at radius 3 is 2.61 bits per heavy atom. The second-order valence-corrected chi connectivity index (χ2v) is 5.21. The molecule has 0 radical (unpaired) electrons. The molecule has 2 N–H and O–H groups in total. The summed E-state index contributed by atoms with van der Waals surface area (Å²) in [4.78, 5) is 22.0. The van der Waals surface area contributed by atoms with Crippen molar-refractivity contribution < 1.29 is 24.2 Å². The van der Waals surface area contributed by atoms with Crippen molar-refractivity contribution in [3.05, 3.63) is 23.8 Å². The molecule has 0 unspecified atom stereocenters. The summed E-state index contributed by atoms with van der Waals surface area (Å²) in [5.74, 6) is 0.0457. The lowest BCUT2D eigenvalue weighted by atomic mass is 10.2. The molecule has 0 atom stereocenters. The number of ether oxygens (including phenoxy) is 2. The molecular formula is C17H25NO5. The van der Waals surface area contributed by atoms with Crippen molar-refractivity contribution in [2.45, 2.75) is 45.6 Å². The number of amides is 1. The molecule has 128 valence electrons. The van der Waals surface area contributed by atoms with Crippen LogP contribution in [0, 0.1) is 0 Å². The quantitative estimate of drug-likeness (QED) is 0.612. The number of benzene rings is 1. The molecule has 0 fully saturated rings. The van der Waals surface area contributed by atoms with Crippen molar-refractivity contribution in [1.29, 1.82) is 0 Å². The number of unbranched alkanes of at least 4 members (excludes halogenated alkanes) is 2. The van der Waals surface area contributed by atoms with Crippen molar-refractivity contribution >= 4 is 11.9 Å². The van der Waals surface area contributed by atoms with E-state index in [9.17, 15) is 9.59 Å². The molecule has 6 nitrogen and oxygen atoms in total. The minimum atomic E-state index is -0.979. The Balaban J connectivity index is 2.55. The SMILES string of the molecule is CCCCCOc1cc(CNC(=O)CCC(=O)O)ccc1OC. The van der Waals surface area contributed by atoms with Crippen LogP contribution in [0.1, 0.15) is 44.6 Å². The Morgan fingerprint density at radius 1 is 1.17 bits per heavy atom. The second kappa shape index (κ2) is 10.5. The summed E-state index contributed by atoms with van der Waals surface area (Å²) >= 11 is 0. The zero-order valence-electron chi connectivity index (χ0n) is 13.8. The molecule has 0 saturated heterocycles. The van der Waals surface area contributed by atoms with Gasteiger partial charge in [0.1, 0.15) is 0 Å². The van der Waals surface area contributed by atoms with Crippen LogP contribution in [-0.2, 0) is 16.1 Å². The molecule has 1 rings (SSSR count). The van der Waals surface area contributed by atoms with Gasteiger partial charge in [-0.2, -0.15) is 0 Å². The Hall–Kier alpha value is -2.24. The lowest BCUT2D eigenvalue weighted by molar-refractivity contribution is -0.138. The Morgan fingerprint density at radius 2 is 1.96 bits per heavy atom. The summed E-state index contributed by atoms with van der Waals surface area (Å²) in [5, 5.41) is 11.2. The van der Waals surface area contributed by atoms with E-state index in [-0.39, 0.29) is 18.7 Å². The molecule has 0 bridgehead atoms. The molecule has 0 spiro atoms. The van der Waals surface area contributed by atoms with E-state index < -0.39 is 5.97 Å². The number of carbonyl (C=O) groups excluding carboxylic acids is 1. The van der Waals surface area contributed by atoms with Crippen LogP contribution in [-0.4, -0.2) is 30.7 Å². The summed E-state index contributed by atoms with van der Waals surface area (Å²) in [5.41, 5.74) is 0.875. The van der Waals surface area contributed by atoms with Gasteiger partial charge in [-0.05, 0) is 24.1 Å². The largest absolute Gasteiger partial charge is 0.493 e. The van der Waals surface area contributed by atoms with Crippen molar-refractivity contribution in [1.82, 2.24) is 5.32 Å². The average Bonchev–Trinajstić information content (AvgIpc) is 2.55. The average molecular weight is 323 g/mol. The van der Waals surface area contributed by atoms with E-state index in [2.05, 4.69) is 12.2 Å². The molecular weight excluding hydrogens is 298 g/mol. The van der Waals surface area contributed by atoms with Crippen LogP contribution < -0.4 is 14.8 Å². The molecule has 23 heavy (non-hydrogen) atoms. The fourth-order valence-electron chi connectivity index (χ4n) is 1.99. The number of carboxylic acids is 1. The Bertz CT molecular complexity index is 516. The van der Waals surface area contributed by atoms with Crippen LogP contribution in [0.3, 0.4) is 0 Å². The van der Waals surface area contributed by atoms with E-state index in [1.54, 1.807) is 13.2 Å². The second-order valence-electron chi connectivity index (χ2n) is 5.21. The predicted molar refractivity (Wildman–Crippen MR) is 86.7 cm³/mol. The summed E-state index contributed by atoms with van der Waals surface area (Å²) in [6.45, 7) is 3.08. The summed E-state index contributed by atoms with van der Waals surface area (Å²) in [6.07, 6.45) is 3.03. The molecule has 0 aliphatic heterocycles. The Kier molecular flexibility index (Phi) is 8.57. The number of rotatable bonds is 11. The standard InChI is InChI=1S/C17H25NO5/c1-3-4-5-10-23-15-11-13(6-7-14(15)22-2)12-18-16(19)8-9-17(20)21/h6-7,11H,3-5,8-10,12H2,1-2H3,(H,18,19)(H,20,21). The number of nitrogens with one attached hydrogen (secondary N) is 1. The minimum Gasteiger partial charge on any atom is -0.493 e. The first kappa shape index (κ1) is 18.8. The molecule has 0 aromatic heterocycles. The summed E-state index contributed by atoms with van der Waals surface area (Å²) in [7, 11) is 1.58. The number of carbonyl (C=O) groups is 2. The maximum Gasteiger partial charge on any atom is 0.303 e. The van der Waals surface area contributed by atoms with E-state index in [1.165, 1.54) is 0 Å². The highest BCUT2D eigenvalue weighted by atomic mass is 16.5. The van der Waals surface area contributed by atoms with Gasteiger partial charge in [0.15, 0.2) is 11.5 Å². The highest BCUT2D eigenvalue weighted by Gasteiger charge is 2.08. The maximum atomic E-state index is 11.5. The molecule has 0 saturated carbocycles. The summed E-state index contributed by atoms with van der Waals surface area (Å²) < 4.78 is 11.0. The number of carboxylic acid groups (broad SMARTS) is 1. The van der Waals surface area contributed by atoms with Crippen molar-refractivity contribution in [3.63, 3.8) is 0 Å². The zero-order chi connectivity index (χ0) is 17.1. The molecule has 1 amide bonds. The number of hydrogen-bond acceptors (Lipinski definition) is 4. The van der Waals surface area contributed by atoms with E-state index in [0.29, 0.717) is 24.7 Å². The van der Waals surface area contributed by atoms with Gasteiger partial charge in [0.25, 0.3) is 0 Å². The van der Waals surface area contributed by atoms with Gasteiger partial charge in [-0.1, -0.05) is 25.8 Å². The molecule has 0 heterocycles. The predicted octanol–water partition coefficient (Wildman–Crippen LogP) is 2.75. The third-order valence-electron chi connectivity index (χ3n) is 3.29. The van der Waals surface area contributed by atoms with Crippen molar-refractivity contribution in [2.24, 2.45) is 0 Å². The van der Waals surface area contributed by atoms with E-state index in [0.717, 1.165) is 24.8 Å². The van der Waals surface area contributed by atoms with Crippen LogP contribution >= 0.6 is 0 Å². The van der Waals surface area contributed by atoms with Crippen LogP contribution in [0.25, 0.3) is 0 Å². The fraction of sp³-hybridized carbons (Fsp3) is 0.529. The number of hydrogen-bond donors (Lipinski definition) is 2. The maximum absolute atomic E-state index is 11.5. The molecule has 0 aliphatic rings. The van der Waals surface area contributed by atoms with Gasteiger partial charge in [-0.25, -0.2) is 0 Å². The lowest BCUT2D eigenvalue weighted by Gasteiger charge is -2.12. The molecule has 1 aromatic carbocycles. The van der Waals surface area contributed by atoms with Gasteiger partial charge in [0, 0.05) is 13.0 Å². The van der Waals surface area contributed by atoms with Gasteiger partial charge in [0.2, 0.25) is 5.91 Å². The third-order valence-corrected chi connectivity index (χ3v) is 3.29. The van der Waals surface area contributed by atoms with Crippen LogP contribution in [0.5, 0.6) is 11.5 Å². The van der Waals surface area contributed by atoms with E-state index >= 15 is 0 Å².